The average molecular weight is 558 g/mol. The summed E-state index contributed by atoms with van der Waals surface area (Å²) in [5, 5.41) is 0.846. The molecule has 0 N–H and O–H groups in total. The maximum Gasteiger partial charge on any atom is 0.410 e. The van der Waals surface area contributed by atoms with Gasteiger partial charge in [0.15, 0.2) is 0 Å². The van der Waals surface area contributed by atoms with Gasteiger partial charge < -0.3 is 14.5 Å². The van der Waals surface area contributed by atoms with Gasteiger partial charge in [0.05, 0.1) is 16.1 Å². The Kier molecular flexibility index (Phi) is 7.69. The number of nitrogens with zero attached hydrogens (tertiary/aromatic N) is 5. The molecule has 1 amide bonds. The van der Waals surface area contributed by atoms with Gasteiger partial charge in [-0.2, -0.15) is 4.98 Å². The van der Waals surface area contributed by atoms with Crippen molar-refractivity contribution in [3.63, 3.8) is 0 Å². The van der Waals surface area contributed by atoms with Crippen LogP contribution in [0.5, 0.6) is 0 Å². The van der Waals surface area contributed by atoms with Gasteiger partial charge in [-0.1, -0.05) is 44.5 Å². The van der Waals surface area contributed by atoms with E-state index in [1.807, 2.05) is 60.3 Å². The highest BCUT2D eigenvalue weighted by Gasteiger charge is 2.36. The number of rotatable bonds is 3. The summed E-state index contributed by atoms with van der Waals surface area (Å²) in [4.78, 5) is 39.3. The number of halogens is 2. The van der Waals surface area contributed by atoms with Crippen molar-refractivity contribution in [2.75, 3.05) is 18.0 Å². The predicted molar refractivity (Wildman–Crippen MR) is 153 cm³/mol. The summed E-state index contributed by atoms with van der Waals surface area (Å²) in [6.45, 7) is 16.7. The van der Waals surface area contributed by atoms with Crippen LogP contribution in [0.1, 0.15) is 55.4 Å². The quantitative estimate of drug-likeness (QED) is 0.385. The molecule has 1 aromatic carbocycles. The number of ether oxygens (including phenoxy) is 1. The van der Waals surface area contributed by atoms with Crippen molar-refractivity contribution >= 4 is 34.5 Å². The number of aromatic nitrogens is 3. The van der Waals surface area contributed by atoms with Gasteiger partial charge >= 0.3 is 11.8 Å². The number of benzene rings is 1. The zero-order chi connectivity index (χ0) is 28.9. The maximum atomic E-state index is 14.7. The van der Waals surface area contributed by atoms with Crippen molar-refractivity contribution in [1.82, 2.24) is 19.4 Å². The first-order valence-corrected chi connectivity index (χ1v) is 13.6. The van der Waals surface area contributed by atoms with Crippen LogP contribution in [-0.2, 0) is 11.3 Å². The highest BCUT2D eigenvalue weighted by atomic mass is 35.5. The van der Waals surface area contributed by atoms with E-state index in [0.717, 1.165) is 0 Å². The van der Waals surface area contributed by atoms with E-state index in [9.17, 15) is 14.0 Å². The molecule has 4 rings (SSSR count). The molecule has 0 aliphatic carbocycles. The van der Waals surface area contributed by atoms with Crippen molar-refractivity contribution in [3.8, 4) is 11.3 Å². The Labute approximate surface area is 233 Å². The third-order valence-electron chi connectivity index (χ3n) is 6.53. The average Bonchev–Trinajstić information content (AvgIpc) is 2.80. The first-order chi connectivity index (χ1) is 18.1. The molecule has 0 unspecified atom stereocenters. The Bertz CT molecular complexity index is 1460. The number of carbonyl (C=O) groups excluding carboxylic acids is 1. The molecule has 3 heterocycles. The molecule has 1 aliphatic rings. The fraction of sp³-hybridized carbons (Fsp3) is 0.517. The molecule has 8 nitrogen and oxygen atoms in total. The van der Waals surface area contributed by atoms with E-state index in [2.05, 4.69) is 4.98 Å². The Balaban J connectivity index is 1.85. The fourth-order valence-electron chi connectivity index (χ4n) is 4.83. The summed E-state index contributed by atoms with van der Waals surface area (Å²) < 4.78 is 21.9. The lowest BCUT2D eigenvalue weighted by atomic mass is 9.97. The third-order valence-corrected chi connectivity index (χ3v) is 6.82. The van der Waals surface area contributed by atoms with Crippen LogP contribution in [0.4, 0.5) is 15.0 Å². The Morgan fingerprint density at radius 3 is 2.36 bits per heavy atom. The minimum Gasteiger partial charge on any atom is -0.444 e. The maximum absolute atomic E-state index is 14.7. The molecule has 0 bridgehead atoms. The molecule has 2 atom stereocenters. The smallest absolute Gasteiger partial charge is 0.410 e. The molecular formula is C29H37ClFN5O3. The lowest BCUT2D eigenvalue weighted by Crippen LogP contribution is -2.59. The number of amides is 1. The molecule has 10 heteroatoms. The number of hydrogen-bond acceptors (Lipinski definition) is 6. The lowest BCUT2D eigenvalue weighted by molar-refractivity contribution is 0.0130. The summed E-state index contributed by atoms with van der Waals surface area (Å²) in [6.07, 6.45) is -0.376. The van der Waals surface area contributed by atoms with Crippen molar-refractivity contribution in [2.45, 2.75) is 79.6 Å². The molecule has 0 saturated carbocycles. The van der Waals surface area contributed by atoms with Crippen LogP contribution >= 0.6 is 11.6 Å². The van der Waals surface area contributed by atoms with Crippen molar-refractivity contribution < 1.29 is 13.9 Å². The number of piperazine rings is 1. The SMILES string of the molecule is C[C@@H]1CN(c2nc(=O)n(CC(C)(C)C)c3nc(-c4ccccc4F)c(Cl)cc23)[C@@H](C)CN1C(=O)OC(C)(C)C. The molecule has 1 aliphatic heterocycles. The van der Waals surface area contributed by atoms with E-state index in [0.29, 0.717) is 36.5 Å². The number of carbonyl (C=O) groups is 1. The number of hydrogen-bond donors (Lipinski definition) is 0. The van der Waals surface area contributed by atoms with Crippen molar-refractivity contribution in [2.24, 2.45) is 5.41 Å². The van der Waals surface area contributed by atoms with Gasteiger partial charge in [-0.3, -0.25) is 4.57 Å². The summed E-state index contributed by atoms with van der Waals surface area (Å²) in [5.74, 6) is -0.0104. The Morgan fingerprint density at radius 2 is 1.74 bits per heavy atom. The molecule has 1 saturated heterocycles. The summed E-state index contributed by atoms with van der Waals surface area (Å²) >= 11 is 6.70. The molecule has 210 valence electrons. The first kappa shape index (κ1) is 28.8. The summed E-state index contributed by atoms with van der Waals surface area (Å²) in [5.41, 5.74) is -0.401. The van der Waals surface area contributed by atoms with Gasteiger partial charge in [-0.15, -0.1) is 0 Å². The predicted octanol–water partition coefficient (Wildman–Crippen LogP) is 6.13. The molecule has 3 aromatic rings. The molecular weight excluding hydrogens is 521 g/mol. The van der Waals surface area contributed by atoms with E-state index in [-0.39, 0.29) is 39.9 Å². The van der Waals surface area contributed by atoms with Crippen LogP contribution in [0, 0.1) is 11.2 Å². The van der Waals surface area contributed by atoms with E-state index in [1.165, 1.54) is 10.6 Å². The minimum atomic E-state index is -0.606. The van der Waals surface area contributed by atoms with Gasteiger partial charge in [0, 0.05) is 37.3 Å². The van der Waals surface area contributed by atoms with Crippen LogP contribution in [0.15, 0.2) is 35.1 Å². The molecule has 1 fully saturated rings. The Hall–Kier alpha value is -3.20. The number of fused-ring (bicyclic) bond motifs is 1. The zero-order valence-corrected chi connectivity index (χ0v) is 24.6. The van der Waals surface area contributed by atoms with Crippen LogP contribution in [0.2, 0.25) is 5.02 Å². The fourth-order valence-corrected chi connectivity index (χ4v) is 5.08. The number of pyridine rings is 1. The standard InChI is InChI=1S/C29H37ClFN5O3/c1-17-15-35(27(38)39-29(6,7)8)18(2)14-34(17)25-20-13-21(30)23(19-11-9-10-12-22(19)31)32-24(20)36(26(37)33-25)16-28(3,4)5/h9-13,17-18H,14-16H2,1-8H3/t17-,18+/m0/s1. The van der Waals surface area contributed by atoms with Gasteiger partial charge in [0.1, 0.15) is 22.9 Å². The number of anilines is 1. The molecule has 2 aromatic heterocycles. The monoisotopic (exact) mass is 557 g/mol. The zero-order valence-electron chi connectivity index (χ0n) is 23.9. The minimum absolute atomic E-state index is 0.174. The van der Waals surface area contributed by atoms with E-state index < -0.39 is 17.1 Å². The van der Waals surface area contributed by atoms with Crippen LogP contribution < -0.4 is 10.6 Å². The first-order valence-electron chi connectivity index (χ1n) is 13.2. The summed E-state index contributed by atoms with van der Waals surface area (Å²) in [6, 6.07) is 7.62. The summed E-state index contributed by atoms with van der Waals surface area (Å²) in [7, 11) is 0. The van der Waals surface area contributed by atoms with Crippen LogP contribution in [0.25, 0.3) is 22.3 Å². The van der Waals surface area contributed by atoms with Crippen LogP contribution in [-0.4, -0.2) is 56.3 Å². The Morgan fingerprint density at radius 1 is 1.08 bits per heavy atom. The normalized spacial score (nSPS) is 18.5. The lowest BCUT2D eigenvalue weighted by Gasteiger charge is -2.44. The second-order valence-electron chi connectivity index (χ2n) is 12.5. The molecule has 0 radical (unpaired) electrons. The van der Waals surface area contributed by atoms with E-state index >= 15 is 0 Å². The van der Waals surface area contributed by atoms with Gasteiger partial charge in [0.2, 0.25) is 0 Å². The van der Waals surface area contributed by atoms with Crippen molar-refractivity contribution in [3.05, 3.63) is 51.7 Å². The highest BCUT2D eigenvalue weighted by molar-refractivity contribution is 6.33. The second kappa shape index (κ2) is 10.4. The van der Waals surface area contributed by atoms with Gasteiger partial charge in [-0.05, 0) is 58.2 Å². The highest BCUT2D eigenvalue weighted by Crippen LogP contribution is 2.35. The van der Waals surface area contributed by atoms with Crippen LogP contribution in [0.3, 0.4) is 0 Å². The molecule has 0 spiro atoms. The molecule has 39 heavy (non-hydrogen) atoms. The largest absolute Gasteiger partial charge is 0.444 e. The van der Waals surface area contributed by atoms with Crippen molar-refractivity contribution in [1.29, 1.82) is 0 Å². The topological polar surface area (TPSA) is 80.6 Å². The van der Waals surface area contributed by atoms with E-state index in [4.69, 9.17) is 21.3 Å². The van der Waals surface area contributed by atoms with Gasteiger partial charge in [-0.25, -0.2) is 19.0 Å². The van der Waals surface area contributed by atoms with E-state index in [1.54, 1.807) is 29.2 Å². The van der Waals surface area contributed by atoms with Gasteiger partial charge in [0.25, 0.3) is 0 Å². The second-order valence-corrected chi connectivity index (χ2v) is 12.9. The third kappa shape index (κ3) is 6.19.